The molecule has 4 rings (SSSR count). The molecule has 4 heteroatoms. The molecule has 0 amide bonds. The van der Waals surface area contributed by atoms with Crippen molar-refractivity contribution in [2.45, 2.75) is 45.6 Å². The van der Waals surface area contributed by atoms with Crippen LogP contribution in [0.25, 0.3) is 0 Å². The third kappa shape index (κ3) is 3.81. The lowest BCUT2D eigenvalue weighted by Crippen LogP contribution is -2.28. The Bertz CT molecular complexity index is 883. The van der Waals surface area contributed by atoms with E-state index in [0.29, 0.717) is 12.5 Å². The topological polar surface area (TPSA) is 37.7 Å². The normalized spacial score (nSPS) is 19.4. The number of hydrazone groups is 1. The minimum atomic E-state index is 0.589. The zero-order valence-electron chi connectivity index (χ0n) is 16.4. The highest BCUT2D eigenvalue weighted by Gasteiger charge is 2.26. The summed E-state index contributed by atoms with van der Waals surface area (Å²) in [5.41, 5.74) is 8.26. The highest BCUT2D eigenvalue weighted by Crippen LogP contribution is 2.39. The van der Waals surface area contributed by atoms with E-state index in [9.17, 15) is 0 Å². The number of rotatable bonds is 4. The minimum Gasteiger partial charge on any atom is -0.380 e. The Morgan fingerprint density at radius 2 is 2.07 bits per heavy atom. The molecule has 140 valence electrons. The summed E-state index contributed by atoms with van der Waals surface area (Å²) in [5, 5.41) is 6.69. The molecule has 0 saturated heterocycles. The molecule has 0 N–H and O–H groups in total. The van der Waals surface area contributed by atoms with Crippen LogP contribution >= 0.6 is 0 Å². The lowest BCUT2D eigenvalue weighted by Gasteiger charge is -2.32. The number of nitrogens with zero attached hydrogens (tertiary/aromatic N) is 3. The second-order valence-corrected chi connectivity index (χ2v) is 7.69. The number of benzene rings is 1. The van der Waals surface area contributed by atoms with Crippen molar-refractivity contribution in [1.29, 1.82) is 0 Å². The maximum absolute atomic E-state index is 5.15. The van der Waals surface area contributed by atoms with Gasteiger partial charge in [-0.15, -0.1) is 0 Å². The van der Waals surface area contributed by atoms with Gasteiger partial charge in [0, 0.05) is 13.3 Å². The number of aryl methyl sites for hydroxylation is 2. The molecule has 0 fully saturated rings. The summed E-state index contributed by atoms with van der Waals surface area (Å²) in [6.07, 6.45) is 7.37. The van der Waals surface area contributed by atoms with Crippen molar-refractivity contribution in [2.24, 2.45) is 5.10 Å². The molecule has 27 heavy (non-hydrogen) atoms. The molecule has 2 aromatic rings. The van der Waals surface area contributed by atoms with Gasteiger partial charge in [0.15, 0.2) is 0 Å². The predicted molar refractivity (Wildman–Crippen MR) is 110 cm³/mol. The zero-order valence-corrected chi connectivity index (χ0v) is 16.4. The number of ether oxygens (including phenoxy) is 1. The van der Waals surface area contributed by atoms with E-state index in [0.717, 1.165) is 30.8 Å². The van der Waals surface area contributed by atoms with E-state index >= 15 is 0 Å². The third-order valence-electron chi connectivity index (χ3n) is 5.66. The number of anilines is 1. The third-order valence-corrected chi connectivity index (χ3v) is 5.66. The van der Waals surface area contributed by atoms with Crippen molar-refractivity contribution < 1.29 is 4.74 Å². The van der Waals surface area contributed by atoms with E-state index in [1.165, 1.54) is 34.3 Å². The van der Waals surface area contributed by atoms with E-state index < -0.39 is 0 Å². The molecule has 4 nitrogen and oxygen atoms in total. The summed E-state index contributed by atoms with van der Waals surface area (Å²) < 4.78 is 5.15. The van der Waals surface area contributed by atoms with Crippen molar-refractivity contribution in [3.63, 3.8) is 0 Å². The van der Waals surface area contributed by atoms with Crippen LogP contribution in [0, 0.1) is 13.8 Å². The largest absolute Gasteiger partial charge is 0.380 e. The summed E-state index contributed by atoms with van der Waals surface area (Å²) >= 11 is 0. The average molecular weight is 361 g/mol. The Hall–Kier alpha value is -2.46. The fourth-order valence-electron chi connectivity index (χ4n) is 4.22. The van der Waals surface area contributed by atoms with E-state index in [-0.39, 0.29) is 0 Å². The van der Waals surface area contributed by atoms with Crippen LogP contribution in [0.1, 0.15) is 47.4 Å². The number of hydrogen-bond donors (Lipinski definition) is 0. The smallest absolute Gasteiger partial charge is 0.149 e. The fourth-order valence-corrected chi connectivity index (χ4v) is 4.22. The van der Waals surface area contributed by atoms with Crippen molar-refractivity contribution in [3.05, 3.63) is 69.9 Å². The Morgan fingerprint density at radius 1 is 1.19 bits per heavy atom. The molecular weight excluding hydrogens is 334 g/mol. The van der Waals surface area contributed by atoms with E-state index in [2.05, 4.69) is 54.4 Å². The molecule has 2 aliphatic rings. The van der Waals surface area contributed by atoms with Crippen LogP contribution < -0.4 is 5.01 Å². The number of allylic oxidation sites excluding steroid dienone is 1. The maximum atomic E-state index is 5.15. The second-order valence-electron chi connectivity index (χ2n) is 7.69. The van der Waals surface area contributed by atoms with E-state index in [1.54, 1.807) is 7.11 Å². The van der Waals surface area contributed by atoms with Crippen LogP contribution in [-0.4, -0.2) is 24.9 Å². The first-order chi connectivity index (χ1) is 13.1. The van der Waals surface area contributed by atoms with Gasteiger partial charge in [-0.25, -0.2) is 9.99 Å². The first kappa shape index (κ1) is 17.9. The number of pyridine rings is 1. The Labute approximate surface area is 161 Å². The van der Waals surface area contributed by atoms with Gasteiger partial charge in [0.1, 0.15) is 5.82 Å². The zero-order chi connectivity index (χ0) is 18.8. The summed E-state index contributed by atoms with van der Waals surface area (Å²) in [7, 11) is 1.70. The monoisotopic (exact) mass is 361 g/mol. The van der Waals surface area contributed by atoms with Gasteiger partial charge in [0.2, 0.25) is 0 Å². The molecular formula is C23H27N3O. The molecule has 1 aromatic heterocycles. The molecule has 0 radical (unpaired) electrons. The Kier molecular flexibility index (Phi) is 5.08. The van der Waals surface area contributed by atoms with Crippen LogP contribution in [0.5, 0.6) is 0 Å². The molecule has 1 unspecified atom stereocenters. The molecule has 1 aliphatic heterocycles. The lowest BCUT2D eigenvalue weighted by molar-refractivity contribution is 0.184. The number of hydrogen-bond acceptors (Lipinski definition) is 4. The highest BCUT2D eigenvalue weighted by atomic mass is 16.5. The van der Waals surface area contributed by atoms with Gasteiger partial charge in [0.25, 0.3) is 0 Å². The van der Waals surface area contributed by atoms with Gasteiger partial charge in [-0.3, -0.25) is 0 Å². The summed E-state index contributed by atoms with van der Waals surface area (Å²) in [6, 6.07) is 10.9. The average Bonchev–Trinajstić information content (AvgIpc) is 2.68. The molecule has 0 spiro atoms. The number of methoxy groups -OCH3 is 1. The molecule has 1 aromatic carbocycles. The summed E-state index contributed by atoms with van der Waals surface area (Å²) in [4.78, 5) is 4.55. The van der Waals surface area contributed by atoms with E-state index in [4.69, 9.17) is 4.74 Å². The fraction of sp³-hybridized carbons (Fsp3) is 0.391. The second kappa shape index (κ2) is 7.65. The quantitative estimate of drug-likeness (QED) is 0.776. The summed E-state index contributed by atoms with van der Waals surface area (Å²) in [5.74, 6) is 1.50. The van der Waals surface area contributed by atoms with Crippen LogP contribution in [0.2, 0.25) is 0 Å². The van der Waals surface area contributed by atoms with Gasteiger partial charge in [-0.2, -0.15) is 5.10 Å². The van der Waals surface area contributed by atoms with E-state index in [1.807, 2.05) is 17.3 Å². The van der Waals surface area contributed by atoms with Crippen LogP contribution in [-0.2, 0) is 11.3 Å². The molecule has 1 aliphatic carbocycles. The van der Waals surface area contributed by atoms with Crippen molar-refractivity contribution in [2.75, 3.05) is 18.7 Å². The van der Waals surface area contributed by atoms with Gasteiger partial charge >= 0.3 is 0 Å². The van der Waals surface area contributed by atoms with Gasteiger partial charge in [-0.1, -0.05) is 29.8 Å². The van der Waals surface area contributed by atoms with Gasteiger partial charge < -0.3 is 4.74 Å². The lowest BCUT2D eigenvalue weighted by atomic mass is 9.78. The van der Waals surface area contributed by atoms with Crippen LogP contribution in [0.4, 0.5) is 5.82 Å². The molecule has 0 saturated carbocycles. The van der Waals surface area contributed by atoms with Crippen LogP contribution in [0.15, 0.2) is 52.8 Å². The van der Waals surface area contributed by atoms with Gasteiger partial charge in [0.05, 0.1) is 19.4 Å². The van der Waals surface area contributed by atoms with Gasteiger partial charge in [-0.05, 0) is 72.9 Å². The Balaban J connectivity index is 1.47. The molecule has 0 bridgehead atoms. The van der Waals surface area contributed by atoms with Crippen molar-refractivity contribution >= 4 is 12.0 Å². The first-order valence-corrected chi connectivity index (χ1v) is 9.67. The first-order valence-electron chi connectivity index (χ1n) is 9.67. The summed E-state index contributed by atoms with van der Waals surface area (Å²) in [6.45, 7) is 5.84. The SMILES string of the molecule is COCc1ccc(N2CC3=C(C=N2)CC(c2ccc(C)cc2C)CC3)nc1. The standard InChI is InChI=1S/C23H27N3O/c1-16-4-8-22(17(2)10-16)19-6-7-20-14-26(25-13-21(20)11-19)23-9-5-18(12-24-23)15-27-3/h4-5,8-10,12-13,19H,6-7,11,14-15H2,1-3H3. The van der Waals surface area contributed by atoms with Crippen LogP contribution in [0.3, 0.4) is 0 Å². The molecule has 2 heterocycles. The number of aromatic nitrogens is 1. The highest BCUT2D eigenvalue weighted by molar-refractivity contribution is 5.83. The predicted octanol–water partition coefficient (Wildman–Crippen LogP) is 4.91. The van der Waals surface area contributed by atoms with Crippen molar-refractivity contribution in [1.82, 2.24) is 4.98 Å². The Morgan fingerprint density at radius 3 is 2.81 bits per heavy atom. The molecule has 1 atom stereocenters. The minimum absolute atomic E-state index is 0.589. The van der Waals surface area contributed by atoms with Crippen molar-refractivity contribution in [3.8, 4) is 0 Å². The maximum Gasteiger partial charge on any atom is 0.149 e.